The average molecular weight is 512 g/mol. The molecule has 0 aliphatic carbocycles. The molecule has 2 N–H and O–H groups in total. The van der Waals surface area contributed by atoms with Crippen molar-refractivity contribution in [2.45, 2.75) is 18.9 Å². The van der Waals surface area contributed by atoms with Gasteiger partial charge < -0.3 is 10.1 Å². The Balaban J connectivity index is 1.81. The number of benzene rings is 1. The van der Waals surface area contributed by atoms with E-state index in [2.05, 4.69) is 10.3 Å². The first-order valence-corrected chi connectivity index (χ1v) is 13.4. The normalized spacial score (nSPS) is 21.8. The van der Waals surface area contributed by atoms with Crippen molar-refractivity contribution in [3.8, 4) is 0 Å². The molecule has 0 bridgehead atoms. The van der Waals surface area contributed by atoms with E-state index in [0.717, 1.165) is 0 Å². The number of hydrogen-bond acceptors (Lipinski definition) is 8. The number of nitrogens with one attached hydrogen (secondary N) is 2. The van der Waals surface area contributed by atoms with E-state index in [1.165, 1.54) is 42.9 Å². The van der Waals surface area contributed by atoms with Crippen molar-refractivity contribution in [1.82, 2.24) is 14.6 Å². The Hall–Kier alpha value is -2.34. The van der Waals surface area contributed by atoms with Gasteiger partial charge in [0.05, 0.1) is 12.7 Å². The van der Waals surface area contributed by atoms with E-state index in [4.69, 9.17) is 26.1 Å². The minimum absolute atomic E-state index is 0.0933. The van der Waals surface area contributed by atoms with Crippen molar-refractivity contribution in [2.24, 2.45) is 10.9 Å². The molecule has 2 unspecified atom stereocenters. The van der Waals surface area contributed by atoms with Gasteiger partial charge in [0.15, 0.2) is 10.8 Å². The van der Waals surface area contributed by atoms with E-state index in [1.54, 1.807) is 10.5 Å². The molecule has 2 aliphatic rings. The van der Waals surface area contributed by atoms with Crippen LogP contribution in [0, 0.1) is 16.5 Å². The van der Waals surface area contributed by atoms with Crippen LogP contribution in [-0.2, 0) is 19.4 Å². The number of halogens is 2. The van der Waals surface area contributed by atoms with Gasteiger partial charge in [0.25, 0.3) is 0 Å². The molecule has 1 aromatic carbocycles. The number of ether oxygens (including phenoxy) is 1. The van der Waals surface area contributed by atoms with Gasteiger partial charge in [-0.1, -0.05) is 17.7 Å². The summed E-state index contributed by atoms with van der Waals surface area (Å²) >= 11 is 7.77. The molecule has 1 fully saturated rings. The fraction of sp³-hybridized carbons (Fsp3) is 0.381. The summed E-state index contributed by atoms with van der Waals surface area (Å²) in [7, 11) is -1.51. The molecule has 0 saturated carbocycles. The topological polar surface area (TPSA) is 108 Å². The number of nitrogens with zero attached hydrogens (tertiary/aromatic N) is 3. The maximum atomic E-state index is 13.7. The molecule has 4 rings (SSSR count). The Bertz CT molecular complexity index is 1220. The lowest BCUT2D eigenvalue weighted by atomic mass is 9.86. The molecule has 8 nitrogen and oxygen atoms in total. The van der Waals surface area contributed by atoms with Gasteiger partial charge >= 0.3 is 5.97 Å². The standard InChI is InChI=1S/C21H23ClFN5O3S2/c1-31-21(29)16-17(12-5-8-28(9-6-12)33(2,24)30)26-19(20-25-7-10-32-20)27-18(16)14-4-3-13(23)11-15(14)22/h3-4,7,10-12,18,24H,5-6,8-9H2,1-2H3,(H,26,27). The van der Waals surface area contributed by atoms with E-state index in [1.807, 2.05) is 5.38 Å². The Kier molecular flexibility index (Phi) is 6.85. The van der Waals surface area contributed by atoms with E-state index >= 15 is 0 Å². The molecular weight excluding hydrogens is 489 g/mol. The summed E-state index contributed by atoms with van der Waals surface area (Å²) < 4.78 is 40.5. The minimum Gasteiger partial charge on any atom is -0.466 e. The lowest BCUT2D eigenvalue weighted by Gasteiger charge is -2.36. The highest BCUT2D eigenvalue weighted by atomic mass is 35.5. The van der Waals surface area contributed by atoms with E-state index in [9.17, 15) is 13.4 Å². The first kappa shape index (κ1) is 23.8. The number of esters is 1. The molecular formula is C21H23ClFN5O3S2. The molecule has 1 aromatic heterocycles. The first-order chi connectivity index (χ1) is 15.7. The van der Waals surface area contributed by atoms with Crippen LogP contribution in [0.3, 0.4) is 0 Å². The molecule has 2 aromatic rings. The molecule has 1 saturated heterocycles. The van der Waals surface area contributed by atoms with E-state index in [0.29, 0.717) is 53.6 Å². The van der Waals surface area contributed by atoms with E-state index in [-0.39, 0.29) is 10.9 Å². The second kappa shape index (κ2) is 9.49. The highest BCUT2D eigenvalue weighted by molar-refractivity contribution is 7.89. The number of piperidine rings is 1. The largest absolute Gasteiger partial charge is 0.466 e. The molecule has 2 atom stereocenters. The number of amidine groups is 1. The third-order valence-corrected chi connectivity index (χ3v) is 8.18. The van der Waals surface area contributed by atoms with Crippen LogP contribution >= 0.6 is 22.9 Å². The molecule has 3 heterocycles. The molecule has 12 heteroatoms. The highest BCUT2D eigenvalue weighted by Crippen LogP contribution is 2.40. The summed E-state index contributed by atoms with van der Waals surface area (Å²) in [5.41, 5.74) is 1.42. The molecule has 0 radical (unpaired) electrons. The number of aromatic nitrogens is 1. The number of carbonyl (C=O) groups excluding carboxylic acids is 1. The maximum absolute atomic E-state index is 13.7. The van der Waals surface area contributed by atoms with Gasteiger partial charge in [-0.3, -0.25) is 4.99 Å². The van der Waals surface area contributed by atoms with Gasteiger partial charge in [0.2, 0.25) is 0 Å². The van der Waals surface area contributed by atoms with Crippen molar-refractivity contribution in [2.75, 3.05) is 26.5 Å². The van der Waals surface area contributed by atoms with Crippen molar-refractivity contribution < 1.29 is 18.1 Å². The molecule has 0 amide bonds. The zero-order chi connectivity index (χ0) is 23.8. The second-order valence-corrected chi connectivity index (χ2v) is 11.3. The summed E-state index contributed by atoms with van der Waals surface area (Å²) in [5.74, 6) is -0.659. The fourth-order valence-electron chi connectivity index (χ4n) is 4.11. The summed E-state index contributed by atoms with van der Waals surface area (Å²) in [6.07, 6.45) is 4.24. The van der Waals surface area contributed by atoms with Gasteiger partial charge in [-0.15, -0.1) is 11.3 Å². The van der Waals surface area contributed by atoms with Crippen LogP contribution < -0.4 is 5.32 Å². The zero-order valence-corrected chi connectivity index (χ0v) is 20.4. The van der Waals surface area contributed by atoms with Crippen molar-refractivity contribution in [1.29, 1.82) is 4.78 Å². The number of aliphatic imine (C=N–C) groups is 1. The predicted octanol–water partition coefficient (Wildman–Crippen LogP) is 3.76. The van der Waals surface area contributed by atoms with Crippen LogP contribution in [0.2, 0.25) is 5.02 Å². The average Bonchev–Trinajstić information content (AvgIpc) is 3.32. The molecule has 2 aliphatic heterocycles. The van der Waals surface area contributed by atoms with Crippen LogP contribution in [0.5, 0.6) is 0 Å². The zero-order valence-electron chi connectivity index (χ0n) is 18.0. The second-order valence-electron chi connectivity index (χ2n) is 7.83. The monoisotopic (exact) mass is 511 g/mol. The Morgan fingerprint density at radius 1 is 1.39 bits per heavy atom. The predicted molar refractivity (Wildman–Crippen MR) is 126 cm³/mol. The van der Waals surface area contributed by atoms with Gasteiger partial charge in [-0.2, -0.15) is 0 Å². The van der Waals surface area contributed by atoms with Crippen LogP contribution in [0.1, 0.15) is 29.5 Å². The third-order valence-electron chi connectivity index (χ3n) is 5.73. The maximum Gasteiger partial charge on any atom is 0.338 e. The lowest BCUT2D eigenvalue weighted by Crippen LogP contribution is -2.42. The third kappa shape index (κ3) is 4.96. The number of carbonyl (C=O) groups is 1. The van der Waals surface area contributed by atoms with Crippen LogP contribution in [0.15, 0.2) is 46.0 Å². The summed E-state index contributed by atoms with van der Waals surface area (Å²) in [6, 6.07) is 3.18. The summed E-state index contributed by atoms with van der Waals surface area (Å²) in [4.78, 5) is 22.1. The van der Waals surface area contributed by atoms with Crippen LogP contribution in [-0.4, -0.2) is 51.8 Å². The SMILES string of the molecule is COC(=O)C1=C(C2CCN(S(C)(=N)=O)CC2)NC(c2nccs2)=NC1c1ccc(F)cc1Cl. The minimum atomic E-state index is -2.80. The lowest BCUT2D eigenvalue weighted by molar-refractivity contribution is -0.136. The number of allylic oxidation sites excluding steroid dienone is 1. The van der Waals surface area contributed by atoms with Gasteiger partial charge in [-0.05, 0) is 25.0 Å². The Morgan fingerprint density at radius 2 is 2.12 bits per heavy atom. The van der Waals surface area contributed by atoms with Gasteiger partial charge in [-0.25, -0.2) is 27.5 Å². The number of methoxy groups -OCH3 is 1. The Labute approximate surface area is 200 Å². The van der Waals surface area contributed by atoms with Gasteiger partial charge in [0.1, 0.15) is 21.8 Å². The molecule has 176 valence electrons. The van der Waals surface area contributed by atoms with Crippen molar-refractivity contribution in [3.05, 3.63) is 62.5 Å². The highest BCUT2D eigenvalue weighted by Gasteiger charge is 2.38. The summed E-state index contributed by atoms with van der Waals surface area (Å²) in [6.45, 7) is 0.906. The number of thiazole rings is 1. The van der Waals surface area contributed by atoms with E-state index < -0.39 is 27.7 Å². The molecule has 33 heavy (non-hydrogen) atoms. The fourth-order valence-corrected chi connectivity index (χ4v) is 5.88. The number of hydrogen-bond donors (Lipinski definition) is 2. The summed E-state index contributed by atoms with van der Waals surface area (Å²) in [5, 5.41) is 5.91. The van der Waals surface area contributed by atoms with Crippen LogP contribution in [0.25, 0.3) is 0 Å². The van der Waals surface area contributed by atoms with Crippen molar-refractivity contribution >= 4 is 44.7 Å². The first-order valence-electron chi connectivity index (χ1n) is 10.2. The molecule has 0 spiro atoms. The quantitative estimate of drug-likeness (QED) is 0.594. The number of rotatable bonds is 5. The van der Waals surface area contributed by atoms with Crippen molar-refractivity contribution in [3.63, 3.8) is 0 Å². The van der Waals surface area contributed by atoms with Gasteiger partial charge in [0, 0.05) is 53.1 Å². The van der Waals surface area contributed by atoms with Crippen LogP contribution in [0.4, 0.5) is 4.39 Å². The smallest absolute Gasteiger partial charge is 0.338 e. The Morgan fingerprint density at radius 3 is 2.70 bits per heavy atom.